The van der Waals surface area contributed by atoms with Crippen LogP contribution in [0.5, 0.6) is 0 Å². The van der Waals surface area contributed by atoms with E-state index in [4.69, 9.17) is 9.84 Å². The molecule has 2 aliphatic rings. The number of carbonyl (C=O) groups is 1. The number of rotatable bonds is 4. The number of nitrogens with zero attached hydrogens (tertiary/aromatic N) is 3. The third kappa shape index (κ3) is 3.44. The van der Waals surface area contributed by atoms with Crippen molar-refractivity contribution in [1.29, 1.82) is 0 Å². The zero-order valence-electron chi connectivity index (χ0n) is 16.5. The summed E-state index contributed by atoms with van der Waals surface area (Å²) in [6, 6.07) is 10.0. The first-order valence-corrected chi connectivity index (χ1v) is 10.6. The molecule has 1 aliphatic carbocycles. The van der Waals surface area contributed by atoms with Crippen LogP contribution in [-0.4, -0.2) is 39.3 Å². The van der Waals surface area contributed by atoms with Crippen LogP contribution in [0.1, 0.15) is 50.3 Å². The molecule has 7 heteroatoms. The molecule has 3 aromatic rings. The van der Waals surface area contributed by atoms with Crippen LogP contribution in [0.3, 0.4) is 0 Å². The van der Waals surface area contributed by atoms with Crippen LogP contribution in [-0.2, 0) is 16.1 Å². The highest BCUT2D eigenvalue weighted by molar-refractivity contribution is 5.87. The van der Waals surface area contributed by atoms with Crippen LogP contribution in [0.2, 0.25) is 0 Å². The second-order valence-corrected chi connectivity index (χ2v) is 8.18. The first-order chi connectivity index (χ1) is 14.2. The maximum absolute atomic E-state index is 13.2. The third-order valence-electron chi connectivity index (χ3n) is 6.22. The number of carbonyl (C=O) groups excluding carboxylic acids is 1. The van der Waals surface area contributed by atoms with Crippen molar-refractivity contribution in [3.8, 4) is 0 Å². The third-order valence-corrected chi connectivity index (χ3v) is 6.22. The van der Waals surface area contributed by atoms with Gasteiger partial charge in [0.1, 0.15) is 17.9 Å². The first-order valence-electron chi connectivity index (χ1n) is 10.6. The molecule has 2 fully saturated rings. The van der Waals surface area contributed by atoms with E-state index < -0.39 is 0 Å². The molecule has 0 spiro atoms. The predicted octanol–water partition coefficient (Wildman–Crippen LogP) is 2.60. The van der Waals surface area contributed by atoms with Gasteiger partial charge in [0.05, 0.1) is 5.52 Å². The Morgan fingerprint density at radius 3 is 2.66 bits per heavy atom. The Kier molecular flexibility index (Phi) is 4.83. The molecule has 29 heavy (non-hydrogen) atoms. The first kappa shape index (κ1) is 18.4. The molecule has 0 bridgehead atoms. The molecule has 3 heterocycles. The Morgan fingerprint density at radius 2 is 1.86 bits per heavy atom. The highest BCUT2D eigenvalue weighted by Gasteiger charge is 2.25. The van der Waals surface area contributed by atoms with Gasteiger partial charge in [0.2, 0.25) is 5.91 Å². The van der Waals surface area contributed by atoms with Crippen molar-refractivity contribution in [1.82, 2.24) is 19.5 Å². The maximum atomic E-state index is 13.2. The molecule has 152 valence electrons. The molecule has 1 aliphatic heterocycles. The molecular formula is C22H26N4O3. The summed E-state index contributed by atoms with van der Waals surface area (Å²) in [4.78, 5) is 25.8. The Bertz CT molecular complexity index is 1100. The summed E-state index contributed by atoms with van der Waals surface area (Å²) in [5, 5.41) is 8.78. The summed E-state index contributed by atoms with van der Waals surface area (Å²) >= 11 is 0. The Balaban J connectivity index is 1.55. The van der Waals surface area contributed by atoms with E-state index in [1.807, 2.05) is 34.7 Å². The molecule has 0 atom stereocenters. The van der Waals surface area contributed by atoms with Crippen LogP contribution in [0.4, 0.5) is 0 Å². The zero-order chi connectivity index (χ0) is 19.8. The Labute approximate surface area is 168 Å². The van der Waals surface area contributed by atoms with Crippen molar-refractivity contribution < 1.29 is 9.53 Å². The fourth-order valence-electron chi connectivity index (χ4n) is 4.71. The monoisotopic (exact) mass is 394 g/mol. The number of aromatic nitrogens is 3. The van der Waals surface area contributed by atoms with Crippen LogP contribution in [0, 0.1) is 0 Å². The topological polar surface area (TPSA) is 77.6 Å². The molecule has 1 amide bonds. The Morgan fingerprint density at radius 1 is 1.10 bits per heavy atom. The van der Waals surface area contributed by atoms with Gasteiger partial charge in [0.25, 0.3) is 5.56 Å². The van der Waals surface area contributed by atoms with E-state index >= 15 is 0 Å². The number of ether oxygens (including phenoxy) is 1. The summed E-state index contributed by atoms with van der Waals surface area (Å²) in [7, 11) is 0. The summed E-state index contributed by atoms with van der Waals surface area (Å²) in [5.41, 5.74) is 1.39. The summed E-state index contributed by atoms with van der Waals surface area (Å²) in [5.74, 6) is 1.06. The molecule has 1 N–H and O–H groups in total. The van der Waals surface area contributed by atoms with Crippen LogP contribution < -0.4 is 10.9 Å². The van der Waals surface area contributed by atoms with Gasteiger partial charge in [-0.1, -0.05) is 31.0 Å². The van der Waals surface area contributed by atoms with E-state index in [9.17, 15) is 9.59 Å². The number of nitrogens with one attached hydrogen (secondary N) is 1. The van der Waals surface area contributed by atoms with Gasteiger partial charge in [-0.3, -0.25) is 14.0 Å². The molecule has 5 rings (SSSR count). The second-order valence-electron chi connectivity index (χ2n) is 8.18. The molecule has 1 aromatic carbocycles. The predicted molar refractivity (Wildman–Crippen MR) is 110 cm³/mol. The number of amides is 1. The molecule has 0 unspecified atom stereocenters. The normalized spacial score (nSPS) is 18.6. The van der Waals surface area contributed by atoms with Crippen LogP contribution in [0.15, 0.2) is 35.1 Å². The van der Waals surface area contributed by atoms with Gasteiger partial charge in [-0.15, -0.1) is 0 Å². The van der Waals surface area contributed by atoms with Gasteiger partial charge in [-0.2, -0.15) is 5.10 Å². The number of hydrogen-bond acceptors (Lipinski definition) is 4. The lowest BCUT2D eigenvalue weighted by Crippen LogP contribution is -2.42. The molecule has 7 nitrogen and oxygen atoms in total. The summed E-state index contributed by atoms with van der Waals surface area (Å²) in [6.45, 7) is 1.28. The lowest BCUT2D eigenvalue weighted by Gasteiger charge is -2.23. The minimum Gasteiger partial charge on any atom is -0.381 e. The van der Waals surface area contributed by atoms with Crippen molar-refractivity contribution in [2.75, 3.05) is 13.2 Å². The SMILES string of the molecule is O=C(Cn1nc(C2CCCC2)n2c(cc3ccccc32)c1=O)NC1CCOCC1. The number of hydrogen-bond donors (Lipinski definition) is 1. The molecule has 1 saturated carbocycles. The second kappa shape index (κ2) is 7.63. The molecule has 0 radical (unpaired) electrons. The van der Waals surface area contributed by atoms with Crippen molar-refractivity contribution in [2.45, 2.75) is 57.0 Å². The minimum atomic E-state index is -0.218. The van der Waals surface area contributed by atoms with Gasteiger partial charge in [-0.25, -0.2) is 4.68 Å². The van der Waals surface area contributed by atoms with Crippen molar-refractivity contribution in [3.63, 3.8) is 0 Å². The highest BCUT2D eigenvalue weighted by Crippen LogP contribution is 2.34. The fraction of sp³-hybridized carbons (Fsp3) is 0.500. The molecule has 2 aromatic heterocycles. The fourth-order valence-corrected chi connectivity index (χ4v) is 4.71. The van der Waals surface area contributed by atoms with Gasteiger partial charge in [0.15, 0.2) is 0 Å². The van der Waals surface area contributed by atoms with Crippen molar-refractivity contribution in [3.05, 3.63) is 46.5 Å². The standard InChI is InChI=1S/C22H26N4O3/c27-20(23-17-9-11-29-12-10-17)14-25-22(28)19-13-16-7-3-4-8-18(16)26(19)21(24-25)15-5-1-2-6-15/h3-4,7-8,13,15,17H,1-2,5-6,9-12,14H2,(H,23,27). The van der Waals surface area contributed by atoms with E-state index in [2.05, 4.69) is 5.32 Å². The minimum absolute atomic E-state index is 0.0477. The smallest absolute Gasteiger partial charge is 0.291 e. The van der Waals surface area contributed by atoms with Crippen molar-refractivity contribution in [2.24, 2.45) is 0 Å². The highest BCUT2D eigenvalue weighted by atomic mass is 16.5. The van der Waals surface area contributed by atoms with Crippen LogP contribution >= 0.6 is 0 Å². The van der Waals surface area contributed by atoms with Gasteiger partial charge < -0.3 is 10.1 Å². The van der Waals surface area contributed by atoms with Gasteiger partial charge in [0, 0.05) is 30.6 Å². The largest absolute Gasteiger partial charge is 0.381 e. The molecular weight excluding hydrogens is 368 g/mol. The van der Waals surface area contributed by atoms with Crippen LogP contribution in [0.25, 0.3) is 16.4 Å². The van der Waals surface area contributed by atoms with E-state index in [0.717, 1.165) is 42.4 Å². The molecule has 1 saturated heterocycles. The van der Waals surface area contributed by atoms with E-state index in [0.29, 0.717) is 24.6 Å². The van der Waals surface area contributed by atoms with E-state index in [1.54, 1.807) is 0 Å². The summed E-state index contributed by atoms with van der Waals surface area (Å²) < 4.78 is 8.72. The van der Waals surface area contributed by atoms with Gasteiger partial charge >= 0.3 is 0 Å². The van der Waals surface area contributed by atoms with Crippen molar-refractivity contribution >= 4 is 22.3 Å². The average molecular weight is 394 g/mol. The maximum Gasteiger partial charge on any atom is 0.291 e. The summed E-state index contributed by atoms with van der Waals surface area (Å²) in [6.07, 6.45) is 6.12. The van der Waals surface area contributed by atoms with Gasteiger partial charge in [-0.05, 0) is 37.8 Å². The average Bonchev–Trinajstić information content (AvgIpc) is 3.39. The van der Waals surface area contributed by atoms with E-state index in [-0.39, 0.29) is 24.1 Å². The lowest BCUT2D eigenvalue weighted by molar-refractivity contribution is -0.123. The Hall–Kier alpha value is -2.67. The number of para-hydroxylation sites is 1. The lowest BCUT2D eigenvalue weighted by atomic mass is 10.1. The number of fused-ring (bicyclic) bond motifs is 3. The number of benzene rings is 1. The zero-order valence-corrected chi connectivity index (χ0v) is 16.5. The quantitative estimate of drug-likeness (QED) is 0.738. The van der Waals surface area contributed by atoms with E-state index in [1.165, 1.54) is 17.5 Å².